The molecule has 0 saturated carbocycles. The van der Waals surface area contributed by atoms with Gasteiger partial charge in [0.05, 0.1) is 10.8 Å². The van der Waals surface area contributed by atoms with Gasteiger partial charge in [0, 0.05) is 25.0 Å². The summed E-state index contributed by atoms with van der Waals surface area (Å²) in [6, 6.07) is 4.40. The molecule has 0 aliphatic carbocycles. The molecule has 1 atom stereocenters. The zero-order valence-corrected chi connectivity index (χ0v) is 11.8. The van der Waals surface area contributed by atoms with Crippen molar-refractivity contribution in [1.82, 2.24) is 0 Å². The lowest BCUT2D eigenvalue weighted by atomic mass is 9.96. The number of nitro groups is 1. The quantitative estimate of drug-likeness (QED) is 0.478. The second kappa shape index (κ2) is 6.09. The molecule has 1 aromatic carbocycles. The molecule has 4 nitrogen and oxygen atoms in total. The van der Waals surface area contributed by atoms with E-state index in [9.17, 15) is 23.3 Å². The summed E-state index contributed by atoms with van der Waals surface area (Å²) in [6.45, 7) is 0.137. The molecule has 0 N–H and O–H groups in total. The lowest BCUT2D eigenvalue weighted by Gasteiger charge is -2.35. The Morgan fingerprint density at radius 2 is 2.14 bits per heavy atom. The Labute approximate surface area is 124 Å². The highest BCUT2D eigenvalue weighted by atomic mass is 35.5. The number of halogens is 4. The average molecular weight is 323 g/mol. The standard InChI is InChI=1S/C13H14ClF3N2O2/c14-7-9-3-4-11(12(6-9)19(20)21)18-5-1-2-10(8-18)13(15,16)17/h3-4,6,10H,1-2,5,7-8H2. The van der Waals surface area contributed by atoms with Gasteiger partial charge >= 0.3 is 6.18 Å². The Hall–Kier alpha value is -1.50. The number of hydrogen-bond acceptors (Lipinski definition) is 3. The van der Waals surface area contributed by atoms with Crippen LogP contribution in [-0.2, 0) is 5.88 Å². The minimum absolute atomic E-state index is 0.0631. The van der Waals surface area contributed by atoms with Crippen LogP contribution in [0.2, 0.25) is 0 Å². The van der Waals surface area contributed by atoms with E-state index in [1.54, 1.807) is 6.07 Å². The summed E-state index contributed by atoms with van der Waals surface area (Å²) >= 11 is 5.64. The maximum atomic E-state index is 12.8. The van der Waals surface area contributed by atoms with Crippen molar-refractivity contribution >= 4 is 23.0 Å². The summed E-state index contributed by atoms with van der Waals surface area (Å²) in [6.07, 6.45) is -3.85. The smallest absolute Gasteiger partial charge is 0.365 e. The van der Waals surface area contributed by atoms with Crippen LogP contribution < -0.4 is 4.90 Å². The van der Waals surface area contributed by atoms with Gasteiger partial charge in [-0.3, -0.25) is 10.1 Å². The van der Waals surface area contributed by atoms with Gasteiger partial charge in [-0.25, -0.2) is 0 Å². The molecular weight excluding hydrogens is 309 g/mol. The minimum atomic E-state index is -4.27. The van der Waals surface area contributed by atoms with E-state index >= 15 is 0 Å². The van der Waals surface area contributed by atoms with Crippen molar-refractivity contribution < 1.29 is 18.1 Å². The zero-order chi connectivity index (χ0) is 15.6. The van der Waals surface area contributed by atoms with E-state index in [1.807, 2.05) is 0 Å². The number of piperidine rings is 1. The van der Waals surface area contributed by atoms with Crippen molar-refractivity contribution in [3.63, 3.8) is 0 Å². The van der Waals surface area contributed by atoms with E-state index in [0.717, 1.165) is 0 Å². The lowest BCUT2D eigenvalue weighted by Crippen LogP contribution is -2.42. The first-order chi connectivity index (χ1) is 9.82. The van der Waals surface area contributed by atoms with Crippen LogP contribution in [0.3, 0.4) is 0 Å². The predicted molar refractivity (Wildman–Crippen MR) is 73.6 cm³/mol. The molecule has 116 valence electrons. The fourth-order valence-electron chi connectivity index (χ4n) is 2.53. The fourth-order valence-corrected chi connectivity index (χ4v) is 2.70. The van der Waals surface area contributed by atoms with Crippen molar-refractivity contribution in [2.24, 2.45) is 5.92 Å². The molecule has 0 bridgehead atoms. The Morgan fingerprint density at radius 3 is 2.71 bits per heavy atom. The normalized spacial score (nSPS) is 19.6. The number of rotatable bonds is 3. The predicted octanol–water partition coefficient (Wildman–Crippen LogP) is 4.11. The molecular formula is C13H14ClF3N2O2. The number of nitrogens with zero attached hydrogens (tertiary/aromatic N) is 2. The van der Waals surface area contributed by atoms with E-state index in [4.69, 9.17) is 11.6 Å². The molecule has 0 aromatic heterocycles. The Kier molecular flexibility index (Phi) is 4.61. The molecule has 2 rings (SSSR count). The summed E-state index contributed by atoms with van der Waals surface area (Å²) in [5.74, 6) is -1.33. The molecule has 8 heteroatoms. The largest absolute Gasteiger partial charge is 0.393 e. The highest BCUT2D eigenvalue weighted by Crippen LogP contribution is 2.37. The SMILES string of the molecule is O=[N+]([O-])c1cc(CCl)ccc1N1CCCC(C(F)(F)F)C1. The van der Waals surface area contributed by atoms with Crippen molar-refractivity contribution in [2.45, 2.75) is 24.9 Å². The van der Waals surface area contributed by atoms with E-state index in [0.29, 0.717) is 18.5 Å². The molecule has 0 radical (unpaired) electrons. The molecule has 1 saturated heterocycles. The van der Waals surface area contributed by atoms with Crippen molar-refractivity contribution in [3.8, 4) is 0 Å². The fraction of sp³-hybridized carbons (Fsp3) is 0.538. The van der Waals surface area contributed by atoms with Crippen LogP contribution in [0.1, 0.15) is 18.4 Å². The summed E-state index contributed by atoms with van der Waals surface area (Å²) in [4.78, 5) is 12.0. The number of hydrogen-bond donors (Lipinski definition) is 0. The third kappa shape index (κ3) is 3.58. The topological polar surface area (TPSA) is 46.4 Å². The van der Waals surface area contributed by atoms with Crippen molar-refractivity contribution in [3.05, 3.63) is 33.9 Å². The summed E-state index contributed by atoms with van der Waals surface area (Å²) < 4.78 is 38.5. The van der Waals surface area contributed by atoms with E-state index in [-0.39, 0.29) is 30.2 Å². The first kappa shape index (κ1) is 15.9. The summed E-state index contributed by atoms with van der Waals surface area (Å²) in [5, 5.41) is 11.1. The Bertz CT molecular complexity index is 537. The van der Waals surface area contributed by atoms with Gasteiger partial charge in [0.15, 0.2) is 0 Å². The maximum Gasteiger partial charge on any atom is 0.393 e. The van der Waals surface area contributed by atoms with Crippen molar-refractivity contribution in [1.29, 1.82) is 0 Å². The van der Waals surface area contributed by atoms with Crippen LogP contribution in [0.4, 0.5) is 24.5 Å². The molecule has 1 heterocycles. The minimum Gasteiger partial charge on any atom is -0.365 e. The summed E-state index contributed by atoms with van der Waals surface area (Å²) in [5.41, 5.74) is 0.593. The van der Waals surface area contributed by atoms with Crippen LogP contribution in [0, 0.1) is 16.0 Å². The van der Waals surface area contributed by atoms with Crippen molar-refractivity contribution in [2.75, 3.05) is 18.0 Å². The molecule has 1 aliphatic heterocycles. The lowest BCUT2D eigenvalue weighted by molar-refractivity contribution is -0.384. The monoisotopic (exact) mass is 322 g/mol. The summed E-state index contributed by atoms with van der Waals surface area (Å²) in [7, 11) is 0. The third-order valence-corrected chi connectivity index (χ3v) is 3.92. The molecule has 0 amide bonds. The Balaban J connectivity index is 2.30. The van der Waals surface area contributed by atoms with Crippen LogP contribution in [0.5, 0.6) is 0 Å². The van der Waals surface area contributed by atoms with Gasteiger partial charge in [-0.05, 0) is 24.5 Å². The van der Waals surface area contributed by atoms with Gasteiger partial charge in [0.1, 0.15) is 5.69 Å². The molecule has 0 spiro atoms. The highest BCUT2D eigenvalue weighted by Gasteiger charge is 2.42. The van der Waals surface area contributed by atoms with Gasteiger partial charge in [-0.2, -0.15) is 13.2 Å². The van der Waals surface area contributed by atoms with Crippen LogP contribution in [-0.4, -0.2) is 24.2 Å². The van der Waals surface area contributed by atoms with Crippen LogP contribution in [0.25, 0.3) is 0 Å². The van der Waals surface area contributed by atoms with E-state index in [1.165, 1.54) is 17.0 Å². The molecule has 21 heavy (non-hydrogen) atoms. The van der Waals surface area contributed by atoms with Gasteiger partial charge in [0.2, 0.25) is 0 Å². The molecule has 1 aliphatic rings. The Morgan fingerprint density at radius 1 is 1.43 bits per heavy atom. The van der Waals surface area contributed by atoms with E-state index in [2.05, 4.69) is 0 Å². The van der Waals surface area contributed by atoms with Gasteiger partial charge in [-0.15, -0.1) is 11.6 Å². The third-order valence-electron chi connectivity index (χ3n) is 3.62. The first-order valence-corrected chi connectivity index (χ1v) is 7.01. The van der Waals surface area contributed by atoms with Crippen LogP contribution >= 0.6 is 11.6 Å². The highest BCUT2D eigenvalue weighted by molar-refractivity contribution is 6.17. The van der Waals surface area contributed by atoms with Gasteiger partial charge in [-0.1, -0.05) is 6.07 Å². The zero-order valence-electron chi connectivity index (χ0n) is 11.1. The number of anilines is 1. The second-order valence-corrected chi connectivity index (χ2v) is 5.31. The van der Waals surface area contributed by atoms with E-state index < -0.39 is 17.0 Å². The average Bonchev–Trinajstić information content (AvgIpc) is 2.45. The van der Waals surface area contributed by atoms with Crippen LogP contribution in [0.15, 0.2) is 18.2 Å². The number of nitro benzene ring substituents is 1. The maximum absolute atomic E-state index is 12.8. The van der Waals surface area contributed by atoms with Gasteiger partial charge in [0.25, 0.3) is 5.69 Å². The molecule has 1 unspecified atom stereocenters. The molecule has 1 fully saturated rings. The number of benzene rings is 1. The molecule has 1 aromatic rings. The van der Waals surface area contributed by atoms with Gasteiger partial charge < -0.3 is 4.90 Å². The second-order valence-electron chi connectivity index (χ2n) is 5.04. The first-order valence-electron chi connectivity index (χ1n) is 6.48. The number of alkyl halides is 4.